The number of hydrogen-bond donors (Lipinski definition) is 1. The molecule has 3 nitrogen and oxygen atoms in total. The highest BCUT2D eigenvalue weighted by molar-refractivity contribution is 14.1. The van der Waals surface area contributed by atoms with Gasteiger partial charge in [0.1, 0.15) is 5.82 Å². The molecule has 0 aliphatic carbocycles. The Morgan fingerprint density at radius 3 is 2.75 bits per heavy atom. The fourth-order valence-electron chi connectivity index (χ4n) is 2.50. The summed E-state index contributed by atoms with van der Waals surface area (Å²) in [4.78, 5) is 14.2. The smallest absolute Gasteiger partial charge is 0.253 e. The number of hydrogen-bond acceptors (Lipinski definition) is 2. The maximum atomic E-state index is 13.5. The van der Waals surface area contributed by atoms with Gasteiger partial charge in [0.15, 0.2) is 0 Å². The van der Waals surface area contributed by atoms with Crippen LogP contribution < -0.4 is 5.32 Å². The van der Waals surface area contributed by atoms with Crippen LogP contribution >= 0.6 is 22.6 Å². The second-order valence-corrected chi connectivity index (χ2v) is 6.33. The lowest BCUT2D eigenvalue weighted by molar-refractivity contribution is 0.0690. The van der Waals surface area contributed by atoms with Crippen LogP contribution in [0.15, 0.2) is 18.2 Å². The van der Waals surface area contributed by atoms with Crippen LogP contribution in [0.3, 0.4) is 0 Å². The van der Waals surface area contributed by atoms with Crippen molar-refractivity contribution in [3.05, 3.63) is 33.1 Å². The molecule has 0 atom stereocenters. The number of amides is 1. The number of carbonyl (C=O) groups excluding carboxylic acids is 1. The zero-order valence-electron chi connectivity index (χ0n) is 11.7. The van der Waals surface area contributed by atoms with Gasteiger partial charge in [-0.2, -0.15) is 0 Å². The molecule has 110 valence electrons. The lowest BCUT2D eigenvalue weighted by Gasteiger charge is -2.32. The predicted molar refractivity (Wildman–Crippen MR) is 86.3 cm³/mol. The van der Waals surface area contributed by atoms with E-state index in [-0.39, 0.29) is 11.7 Å². The third-order valence-electron chi connectivity index (χ3n) is 3.75. The first kappa shape index (κ1) is 15.7. The lowest BCUT2D eigenvalue weighted by Crippen LogP contribution is -2.40. The Hall–Kier alpha value is -0.690. The zero-order chi connectivity index (χ0) is 14.5. The topological polar surface area (TPSA) is 32.3 Å². The Morgan fingerprint density at radius 1 is 1.45 bits per heavy atom. The van der Waals surface area contributed by atoms with Crippen molar-refractivity contribution in [2.75, 3.05) is 26.2 Å². The number of halogens is 2. The Labute approximate surface area is 133 Å². The summed E-state index contributed by atoms with van der Waals surface area (Å²) in [6.07, 6.45) is 2.04. The summed E-state index contributed by atoms with van der Waals surface area (Å²) in [6, 6.07) is 4.70. The lowest BCUT2D eigenvalue weighted by atomic mass is 9.96. The second-order valence-electron chi connectivity index (χ2n) is 5.17. The maximum absolute atomic E-state index is 13.5. The average molecular weight is 390 g/mol. The number of likely N-dealkylation sites (tertiary alicyclic amines) is 1. The number of rotatable bonds is 4. The van der Waals surface area contributed by atoms with Gasteiger partial charge in [-0.05, 0) is 72.6 Å². The van der Waals surface area contributed by atoms with E-state index in [1.54, 1.807) is 12.1 Å². The van der Waals surface area contributed by atoms with Crippen LogP contribution in [0.25, 0.3) is 0 Å². The van der Waals surface area contributed by atoms with Crippen LogP contribution in [-0.4, -0.2) is 37.0 Å². The van der Waals surface area contributed by atoms with Crippen LogP contribution in [0.4, 0.5) is 4.39 Å². The highest BCUT2D eigenvalue weighted by Gasteiger charge is 2.23. The molecule has 0 saturated carbocycles. The van der Waals surface area contributed by atoms with E-state index in [2.05, 4.69) is 12.2 Å². The first-order chi connectivity index (χ1) is 9.61. The summed E-state index contributed by atoms with van der Waals surface area (Å²) in [6.45, 7) is 5.65. The fourth-order valence-corrected chi connectivity index (χ4v) is 2.84. The van der Waals surface area contributed by atoms with Gasteiger partial charge in [-0.25, -0.2) is 4.39 Å². The van der Waals surface area contributed by atoms with Crippen LogP contribution in [0.1, 0.15) is 30.1 Å². The molecule has 1 aromatic carbocycles. The number of nitrogens with zero attached hydrogens (tertiary/aromatic N) is 1. The van der Waals surface area contributed by atoms with Crippen molar-refractivity contribution in [3.8, 4) is 0 Å². The molecule has 2 rings (SSSR count). The third-order valence-corrected chi connectivity index (χ3v) is 4.63. The van der Waals surface area contributed by atoms with Crippen LogP contribution in [0.5, 0.6) is 0 Å². The first-order valence-corrected chi connectivity index (χ1v) is 8.14. The van der Waals surface area contributed by atoms with E-state index in [4.69, 9.17) is 0 Å². The third kappa shape index (κ3) is 3.91. The summed E-state index contributed by atoms with van der Waals surface area (Å²) in [5, 5.41) is 3.35. The standard InChI is InChI=1S/C15H20FIN2O/c1-2-18-10-11-5-7-19(8-6-11)15(20)12-3-4-14(17)13(16)9-12/h3-4,9,11,18H,2,5-8,10H2,1H3. The molecule has 0 bridgehead atoms. The van der Waals surface area contributed by atoms with Gasteiger partial charge in [-0.3, -0.25) is 4.79 Å². The Balaban J connectivity index is 1.92. The molecule has 0 radical (unpaired) electrons. The van der Waals surface area contributed by atoms with Gasteiger partial charge in [0, 0.05) is 22.2 Å². The van der Waals surface area contributed by atoms with Crippen LogP contribution in [0, 0.1) is 15.3 Å². The van der Waals surface area contributed by atoms with E-state index in [1.807, 2.05) is 27.5 Å². The van der Waals surface area contributed by atoms with E-state index in [1.165, 1.54) is 6.07 Å². The van der Waals surface area contributed by atoms with Crippen molar-refractivity contribution in [2.24, 2.45) is 5.92 Å². The summed E-state index contributed by atoms with van der Waals surface area (Å²) >= 11 is 1.93. The van der Waals surface area contributed by atoms with Gasteiger partial charge < -0.3 is 10.2 Å². The molecular weight excluding hydrogens is 370 g/mol. The molecule has 0 spiro atoms. The number of piperidine rings is 1. The van der Waals surface area contributed by atoms with Gasteiger partial charge in [0.05, 0.1) is 0 Å². The highest BCUT2D eigenvalue weighted by atomic mass is 127. The molecule has 1 aliphatic heterocycles. The van der Waals surface area contributed by atoms with Crippen molar-refractivity contribution in [3.63, 3.8) is 0 Å². The average Bonchev–Trinajstić information content (AvgIpc) is 2.48. The van der Waals surface area contributed by atoms with E-state index in [0.717, 1.165) is 39.0 Å². The predicted octanol–water partition coefficient (Wildman–Crippen LogP) is 2.89. The van der Waals surface area contributed by atoms with Crippen molar-refractivity contribution in [1.82, 2.24) is 10.2 Å². The zero-order valence-corrected chi connectivity index (χ0v) is 13.8. The van der Waals surface area contributed by atoms with E-state index >= 15 is 0 Å². The Kier molecular flexibility index (Phi) is 5.77. The minimum Gasteiger partial charge on any atom is -0.339 e. The van der Waals surface area contributed by atoms with Crippen LogP contribution in [-0.2, 0) is 0 Å². The molecule has 5 heteroatoms. The normalized spacial score (nSPS) is 16.4. The molecular formula is C15H20FIN2O. The summed E-state index contributed by atoms with van der Waals surface area (Å²) in [5.74, 6) is 0.271. The van der Waals surface area contributed by atoms with Gasteiger partial charge in [-0.15, -0.1) is 0 Å². The molecule has 1 amide bonds. The number of carbonyl (C=O) groups is 1. The number of benzene rings is 1. The first-order valence-electron chi connectivity index (χ1n) is 7.07. The molecule has 1 heterocycles. The minimum atomic E-state index is -0.321. The maximum Gasteiger partial charge on any atom is 0.253 e. The van der Waals surface area contributed by atoms with E-state index in [9.17, 15) is 9.18 Å². The molecule has 20 heavy (non-hydrogen) atoms. The van der Waals surface area contributed by atoms with Crippen LogP contribution in [0.2, 0.25) is 0 Å². The largest absolute Gasteiger partial charge is 0.339 e. The summed E-state index contributed by atoms with van der Waals surface area (Å²) in [7, 11) is 0. The monoisotopic (exact) mass is 390 g/mol. The van der Waals surface area contributed by atoms with Crippen molar-refractivity contribution in [2.45, 2.75) is 19.8 Å². The van der Waals surface area contributed by atoms with E-state index < -0.39 is 0 Å². The number of nitrogens with one attached hydrogen (secondary N) is 1. The molecule has 1 N–H and O–H groups in total. The van der Waals surface area contributed by atoms with Gasteiger partial charge in [0.2, 0.25) is 0 Å². The molecule has 0 aromatic heterocycles. The van der Waals surface area contributed by atoms with E-state index in [0.29, 0.717) is 15.1 Å². The van der Waals surface area contributed by atoms with Gasteiger partial charge in [0.25, 0.3) is 5.91 Å². The van der Waals surface area contributed by atoms with Crippen molar-refractivity contribution >= 4 is 28.5 Å². The quantitative estimate of drug-likeness (QED) is 0.803. The molecule has 1 fully saturated rings. The minimum absolute atomic E-state index is 0.0535. The molecule has 0 unspecified atom stereocenters. The van der Waals surface area contributed by atoms with Crippen molar-refractivity contribution in [1.29, 1.82) is 0 Å². The SMILES string of the molecule is CCNCC1CCN(C(=O)c2ccc(I)c(F)c2)CC1. The second kappa shape index (κ2) is 7.36. The Morgan fingerprint density at radius 2 is 2.15 bits per heavy atom. The fraction of sp³-hybridized carbons (Fsp3) is 0.533. The Bertz CT molecular complexity index is 473. The summed E-state index contributed by atoms with van der Waals surface area (Å²) < 4.78 is 14.1. The summed E-state index contributed by atoms with van der Waals surface area (Å²) in [5.41, 5.74) is 0.452. The van der Waals surface area contributed by atoms with Gasteiger partial charge >= 0.3 is 0 Å². The molecule has 1 aromatic rings. The van der Waals surface area contributed by atoms with Crippen molar-refractivity contribution < 1.29 is 9.18 Å². The molecule has 1 aliphatic rings. The van der Waals surface area contributed by atoms with Gasteiger partial charge in [-0.1, -0.05) is 6.92 Å². The highest BCUT2D eigenvalue weighted by Crippen LogP contribution is 2.20. The molecule has 1 saturated heterocycles.